The van der Waals surface area contributed by atoms with Gasteiger partial charge >= 0.3 is 0 Å². The number of carbonyl (C=O) groups excluding carboxylic acids is 1. The third-order valence-electron chi connectivity index (χ3n) is 2.79. The summed E-state index contributed by atoms with van der Waals surface area (Å²) in [4.78, 5) is 12.2. The molecule has 2 rings (SSSR count). The number of phenols is 1. The molecule has 114 valence electrons. The lowest BCUT2D eigenvalue weighted by Crippen LogP contribution is -2.18. The summed E-state index contributed by atoms with van der Waals surface area (Å²) in [5, 5.41) is 13.5. The minimum atomic E-state index is -0.392. The van der Waals surface area contributed by atoms with Crippen LogP contribution in [0.1, 0.15) is 22.8 Å². The van der Waals surface area contributed by atoms with Gasteiger partial charge in [-0.25, -0.2) is 5.43 Å². The molecule has 2 N–H and O–H groups in total. The summed E-state index contributed by atoms with van der Waals surface area (Å²) < 4.78 is 6.19. The highest BCUT2D eigenvalue weighted by molar-refractivity contribution is 9.10. The number of phenolic OH excluding ortho intramolecular Hbond substituents is 1. The molecule has 0 aliphatic heterocycles. The Morgan fingerprint density at radius 3 is 2.86 bits per heavy atom. The first-order chi connectivity index (χ1) is 10.6. The first kappa shape index (κ1) is 16.0. The van der Waals surface area contributed by atoms with Crippen LogP contribution in [0.2, 0.25) is 0 Å². The van der Waals surface area contributed by atoms with E-state index in [9.17, 15) is 9.90 Å². The van der Waals surface area contributed by atoms with Crippen molar-refractivity contribution < 1.29 is 14.6 Å². The van der Waals surface area contributed by atoms with Crippen molar-refractivity contribution in [1.29, 1.82) is 0 Å². The minimum absolute atomic E-state index is 0.0953. The Bertz CT molecular complexity index is 702. The second-order valence-corrected chi connectivity index (χ2v) is 5.25. The van der Waals surface area contributed by atoms with Crippen LogP contribution in [0, 0.1) is 0 Å². The van der Waals surface area contributed by atoms with E-state index in [0.717, 1.165) is 4.47 Å². The summed E-state index contributed by atoms with van der Waals surface area (Å²) in [5.74, 6) is 0.190. The second-order valence-electron chi connectivity index (χ2n) is 4.33. The predicted octanol–water partition coefficient (Wildman–Crippen LogP) is 3.32. The van der Waals surface area contributed by atoms with Crippen LogP contribution in [0.25, 0.3) is 0 Å². The first-order valence-corrected chi connectivity index (χ1v) is 7.45. The molecule has 5 nitrogen and oxygen atoms in total. The molecule has 0 fully saturated rings. The summed E-state index contributed by atoms with van der Waals surface area (Å²) in [6.45, 7) is 2.31. The van der Waals surface area contributed by atoms with E-state index in [1.165, 1.54) is 6.21 Å². The number of benzene rings is 2. The zero-order valence-electron chi connectivity index (χ0n) is 11.9. The number of aromatic hydroxyl groups is 1. The Balaban J connectivity index is 2.12. The Morgan fingerprint density at radius 1 is 1.36 bits per heavy atom. The maximum atomic E-state index is 12.2. The molecule has 0 atom stereocenters. The molecule has 22 heavy (non-hydrogen) atoms. The molecular weight excluding hydrogens is 348 g/mol. The van der Waals surface area contributed by atoms with Gasteiger partial charge in [0, 0.05) is 10.0 Å². The molecule has 0 saturated carbocycles. The minimum Gasteiger partial charge on any atom is -0.507 e. The van der Waals surface area contributed by atoms with Crippen molar-refractivity contribution in [3.8, 4) is 11.5 Å². The first-order valence-electron chi connectivity index (χ1n) is 6.65. The van der Waals surface area contributed by atoms with Crippen LogP contribution >= 0.6 is 15.9 Å². The molecule has 2 aromatic carbocycles. The zero-order valence-corrected chi connectivity index (χ0v) is 13.5. The van der Waals surface area contributed by atoms with E-state index in [2.05, 4.69) is 26.5 Å². The predicted molar refractivity (Wildman–Crippen MR) is 88.5 cm³/mol. The van der Waals surface area contributed by atoms with Gasteiger partial charge in [-0.1, -0.05) is 28.1 Å². The molecule has 1 amide bonds. The average molecular weight is 363 g/mol. The summed E-state index contributed by atoms with van der Waals surface area (Å²) in [6.07, 6.45) is 1.38. The van der Waals surface area contributed by atoms with Crippen molar-refractivity contribution in [3.63, 3.8) is 0 Å². The lowest BCUT2D eigenvalue weighted by atomic mass is 10.2. The fourth-order valence-electron chi connectivity index (χ4n) is 1.78. The van der Waals surface area contributed by atoms with Crippen LogP contribution in [0.4, 0.5) is 0 Å². The van der Waals surface area contributed by atoms with Crippen LogP contribution in [-0.4, -0.2) is 23.8 Å². The largest absolute Gasteiger partial charge is 0.507 e. The molecule has 0 radical (unpaired) electrons. The molecule has 0 bridgehead atoms. The standard InChI is InChI=1S/C16H15BrN2O3/c1-2-22-15-8-7-12(17)9-13(15)16(21)19-18-10-11-5-3-4-6-14(11)20/h3-10,20H,2H2,1H3,(H,19,21). The van der Waals surface area contributed by atoms with Crippen molar-refractivity contribution in [3.05, 3.63) is 58.1 Å². The van der Waals surface area contributed by atoms with Crippen LogP contribution in [0.3, 0.4) is 0 Å². The number of hydrogen-bond donors (Lipinski definition) is 2. The SMILES string of the molecule is CCOc1ccc(Br)cc1C(=O)NN=Cc1ccccc1O. The van der Waals surface area contributed by atoms with Gasteiger partial charge in [0.2, 0.25) is 0 Å². The van der Waals surface area contributed by atoms with Crippen LogP contribution < -0.4 is 10.2 Å². The maximum absolute atomic E-state index is 12.2. The number of para-hydroxylation sites is 1. The molecule has 0 aliphatic rings. The molecule has 0 spiro atoms. The number of carbonyl (C=O) groups is 1. The molecular formula is C16H15BrN2O3. The fraction of sp³-hybridized carbons (Fsp3) is 0.125. The Kier molecular flexibility index (Phi) is 5.55. The van der Waals surface area contributed by atoms with Gasteiger partial charge in [0.15, 0.2) is 0 Å². The van der Waals surface area contributed by atoms with E-state index in [4.69, 9.17) is 4.74 Å². The lowest BCUT2D eigenvalue weighted by Gasteiger charge is -2.09. The Labute approximate surface area is 136 Å². The van der Waals surface area contributed by atoms with Crippen LogP contribution in [0.5, 0.6) is 11.5 Å². The van der Waals surface area contributed by atoms with Gasteiger partial charge in [0.1, 0.15) is 11.5 Å². The van der Waals surface area contributed by atoms with Crippen molar-refractivity contribution in [1.82, 2.24) is 5.43 Å². The van der Waals surface area contributed by atoms with E-state index in [1.54, 1.807) is 42.5 Å². The van der Waals surface area contributed by atoms with Crippen LogP contribution in [-0.2, 0) is 0 Å². The summed E-state index contributed by atoms with van der Waals surface area (Å²) in [5.41, 5.74) is 3.32. The second kappa shape index (κ2) is 7.61. The summed E-state index contributed by atoms with van der Waals surface area (Å²) >= 11 is 3.32. The average Bonchev–Trinajstić information content (AvgIpc) is 2.51. The number of ether oxygens (including phenoxy) is 1. The van der Waals surface area contributed by atoms with E-state index in [-0.39, 0.29) is 5.75 Å². The highest BCUT2D eigenvalue weighted by atomic mass is 79.9. The normalized spacial score (nSPS) is 10.6. The third-order valence-corrected chi connectivity index (χ3v) is 3.29. The van der Waals surface area contributed by atoms with Gasteiger partial charge in [-0.15, -0.1) is 0 Å². The number of hydrazone groups is 1. The van der Waals surface area contributed by atoms with Crippen molar-refractivity contribution in [2.24, 2.45) is 5.10 Å². The number of nitrogens with zero attached hydrogens (tertiary/aromatic N) is 1. The smallest absolute Gasteiger partial charge is 0.275 e. The fourth-order valence-corrected chi connectivity index (χ4v) is 2.14. The van der Waals surface area contributed by atoms with Crippen LogP contribution in [0.15, 0.2) is 52.0 Å². The summed E-state index contributed by atoms with van der Waals surface area (Å²) in [7, 11) is 0. The zero-order chi connectivity index (χ0) is 15.9. The third kappa shape index (κ3) is 4.08. The number of hydrogen-bond acceptors (Lipinski definition) is 4. The van der Waals surface area contributed by atoms with Gasteiger partial charge in [-0.05, 0) is 37.3 Å². The van der Waals surface area contributed by atoms with Gasteiger partial charge in [0.25, 0.3) is 5.91 Å². The number of nitrogens with one attached hydrogen (secondary N) is 1. The topological polar surface area (TPSA) is 70.9 Å². The molecule has 0 saturated heterocycles. The van der Waals surface area contributed by atoms with Crippen molar-refractivity contribution >= 4 is 28.1 Å². The van der Waals surface area contributed by atoms with Gasteiger partial charge in [0.05, 0.1) is 18.4 Å². The van der Waals surface area contributed by atoms with E-state index in [0.29, 0.717) is 23.5 Å². The van der Waals surface area contributed by atoms with Crippen molar-refractivity contribution in [2.45, 2.75) is 6.92 Å². The van der Waals surface area contributed by atoms with Crippen molar-refractivity contribution in [2.75, 3.05) is 6.61 Å². The Morgan fingerprint density at radius 2 is 2.14 bits per heavy atom. The molecule has 0 unspecified atom stereocenters. The molecule has 2 aromatic rings. The number of rotatable bonds is 5. The van der Waals surface area contributed by atoms with Gasteiger partial charge in [-0.2, -0.15) is 5.10 Å². The highest BCUT2D eigenvalue weighted by Crippen LogP contribution is 2.23. The monoisotopic (exact) mass is 362 g/mol. The summed E-state index contributed by atoms with van der Waals surface area (Å²) in [6, 6.07) is 11.9. The number of halogens is 1. The molecule has 6 heteroatoms. The number of amides is 1. The molecule has 0 aromatic heterocycles. The van der Waals surface area contributed by atoms with E-state index < -0.39 is 5.91 Å². The quantitative estimate of drug-likeness (QED) is 0.633. The highest BCUT2D eigenvalue weighted by Gasteiger charge is 2.12. The van der Waals surface area contributed by atoms with Gasteiger partial charge < -0.3 is 9.84 Å². The molecule has 0 heterocycles. The Hall–Kier alpha value is -2.34. The van der Waals surface area contributed by atoms with E-state index >= 15 is 0 Å². The molecule has 0 aliphatic carbocycles. The van der Waals surface area contributed by atoms with E-state index in [1.807, 2.05) is 6.92 Å². The lowest BCUT2D eigenvalue weighted by molar-refractivity contribution is 0.0951. The maximum Gasteiger partial charge on any atom is 0.275 e. The van der Waals surface area contributed by atoms with Gasteiger partial charge in [-0.3, -0.25) is 4.79 Å².